The summed E-state index contributed by atoms with van der Waals surface area (Å²) >= 11 is 0. The molecule has 6 heteroatoms. The number of hydrogen-bond acceptors (Lipinski definition) is 6. The summed E-state index contributed by atoms with van der Waals surface area (Å²) in [5, 5.41) is 17.0. The van der Waals surface area contributed by atoms with Gasteiger partial charge in [0.25, 0.3) is 0 Å². The Hall–Kier alpha value is -2.60. The Morgan fingerprint density at radius 1 is 0.938 bits per heavy atom. The molecule has 0 heterocycles. The highest BCUT2D eigenvalue weighted by atomic mass is 16.5. The van der Waals surface area contributed by atoms with Gasteiger partial charge in [-0.1, -0.05) is 0 Å². The minimum Gasteiger partial charge on any atom is -0.494 e. The Morgan fingerprint density at radius 2 is 1.31 bits per heavy atom. The van der Waals surface area contributed by atoms with Gasteiger partial charge in [0, 0.05) is 12.2 Å². The van der Waals surface area contributed by atoms with E-state index in [1.165, 1.54) is 26.4 Å². The van der Waals surface area contributed by atoms with Gasteiger partial charge in [0.05, 0.1) is 14.2 Å². The third kappa shape index (κ3) is 2.25. The molecule has 1 aliphatic carbocycles. The van der Waals surface area contributed by atoms with E-state index in [1.807, 2.05) is 0 Å². The number of aliphatic imine (C=N–C) groups is 2. The molecular formula is C10H8N4O2. The highest BCUT2D eigenvalue weighted by Crippen LogP contribution is 2.15. The van der Waals surface area contributed by atoms with Gasteiger partial charge in [-0.2, -0.15) is 20.5 Å². The number of allylic oxidation sites excluding steroid dienone is 2. The molecule has 0 N–H and O–H groups in total. The van der Waals surface area contributed by atoms with Crippen molar-refractivity contribution in [2.24, 2.45) is 9.98 Å². The van der Waals surface area contributed by atoms with Crippen LogP contribution in [-0.2, 0) is 9.47 Å². The third-order valence-corrected chi connectivity index (χ3v) is 1.82. The zero-order valence-electron chi connectivity index (χ0n) is 8.76. The standard InChI is InChI=1S/C10H8N4O2/c1-15-9-3-8(14-6-12)10(16-2)4-7(9)13-5-11/h3-4H,1-2H3. The molecule has 0 spiro atoms. The lowest BCUT2D eigenvalue weighted by Crippen LogP contribution is -2.15. The zero-order valence-corrected chi connectivity index (χ0v) is 8.76. The molecule has 0 aromatic rings. The molecule has 0 aromatic carbocycles. The molecule has 80 valence electrons. The molecule has 1 rings (SSSR count). The van der Waals surface area contributed by atoms with E-state index >= 15 is 0 Å². The van der Waals surface area contributed by atoms with E-state index in [4.69, 9.17) is 20.0 Å². The summed E-state index contributed by atoms with van der Waals surface area (Å²) in [7, 11) is 2.88. The molecule has 0 radical (unpaired) electrons. The van der Waals surface area contributed by atoms with Gasteiger partial charge >= 0.3 is 0 Å². The van der Waals surface area contributed by atoms with Crippen LogP contribution in [0.3, 0.4) is 0 Å². The summed E-state index contributed by atoms with van der Waals surface area (Å²) in [6, 6.07) is 0. The summed E-state index contributed by atoms with van der Waals surface area (Å²) < 4.78 is 10.0. The van der Waals surface area contributed by atoms with Crippen LogP contribution in [0.5, 0.6) is 0 Å². The first-order valence-corrected chi connectivity index (χ1v) is 4.22. The summed E-state index contributed by atoms with van der Waals surface area (Å²) in [5.41, 5.74) is 0.664. The molecule has 0 saturated heterocycles. The average molecular weight is 216 g/mol. The first-order valence-electron chi connectivity index (χ1n) is 4.22. The molecule has 0 aliphatic heterocycles. The van der Waals surface area contributed by atoms with Crippen LogP contribution in [0.4, 0.5) is 0 Å². The van der Waals surface area contributed by atoms with E-state index in [1.54, 1.807) is 12.4 Å². The summed E-state index contributed by atoms with van der Waals surface area (Å²) in [6.45, 7) is 0. The Bertz CT molecular complexity index is 440. The molecule has 0 aromatic heterocycles. The van der Waals surface area contributed by atoms with Crippen molar-refractivity contribution in [1.82, 2.24) is 0 Å². The lowest BCUT2D eigenvalue weighted by molar-refractivity contribution is 0.305. The molecule has 0 unspecified atom stereocenters. The van der Waals surface area contributed by atoms with Crippen molar-refractivity contribution in [2.45, 2.75) is 0 Å². The molecule has 6 nitrogen and oxygen atoms in total. The maximum atomic E-state index is 8.49. The molecule has 0 fully saturated rings. The van der Waals surface area contributed by atoms with Crippen molar-refractivity contribution < 1.29 is 9.47 Å². The zero-order chi connectivity index (χ0) is 12.0. The molecule has 16 heavy (non-hydrogen) atoms. The normalized spacial score (nSPS) is 19.5. The van der Waals surface area contributed by atoms with Crippen molar-refractivity contribution >= 4 is 11.4 Å². The molecule has 0 bridgehead atoms. The Balaban J connectivity index is 3.25. The Morgan fingerprint density at radius 3 is 1.56 bits per heavy atom. The highest BCUT2D eigenvalue weighted by Gasteiger charge is 2.18. The summed E-state index contributed by atoms with van der Waals surface area (Å²) in [6.07, 6.45) is 6.28. The topological polar surface area (TPSA) is 90.8 Å². The van der Waals surface area contributed by atoms with Gasteiger partial charge in [0.1, 0.15) is 22.9 Å². The van der Waals surface area contributed by atoms with Crippen LogP contribution in [0, 0.1) is 22.9 Å². The van der Waals surface area contributed by atoms with Gasteiger partial charge in [0.15, 0.2) is 0 Å². The number of ether oxygens (including phenoxy) is 2. The lowest BCUT2D eigenvalue weighted by atomic mass is 10.1. The van der Waals surface area contributed by atoms with Crippen molar-refractivity contribution in [2.75, 3.05) is 14.2 Å². The van der Waals surface area contributed by atoms with Gasteiger partial charge in [-0.3, -0.25) is 0 Å². The fourth-order valence-corrected chi connectivity index (χ4v) is 1.15. The third-order valence-electron chi connectivity index (χ3n) is 1.82. The predicted octanol–water partition coefficient (Wildman–Crippen LogP) is 0.905. The number of nitriles is 2. The maximum absolute atomic E-state index is 8.49. The first-order chi connectivity index (χ1) is 7.76. The van der Waals surface area contributed by atoms with E-state index in [9.17, 15) is 0 Å². The van der Waals surface area contributed by atoms with Gasteiger partial charge in [0.2, 0.25) is 12.4 Å². The fraction of sp³-hybridized carbons (Fsp3) is 0.200. The van der Waals surface area contributed by atoms with Crippen LogP contribution in [0.15, 0.2) is 33.7 Å². The maximum Gasteiger partial charge on any atom is 0.206 e. The van der Waals surface area contributed by atoms with E-state index < -0.39 is 0 Å². The summed E-state index contributed by atoms with van der Waals surface area (Å²) in [5.74, 6) is 0.715. The van der Waals surface area contributed by atoms with Crippen molar-refractivity contribution in [3.63, 3.8) is 0 Å². The van der Waals surface area contributed by atoms with E-state index in [0.29, 0.717) is 22.9 Å². The second-order valence-electron chi connectivity index (χ2n) is 2.62. The number of nitrogens with zero attached hydrogens (tertiary/aromatic N) is 4. The van der Waals surface area contributed by atoms with Gasteiger partial charge in [-0.25, -0.2) is 0 Å². The number of rotatable bonds is 2. The first kappa shape index (κ1) is 11.5. The quantitative estimate of drug-likeness (QED) is 0.506. The second kappa shape index (κ2) is 5.32. The minimum absolute atomic E-state index is 0.332. The average Bonchev–Trinajstić information content (AvgIpc) is 2.31. The van der Waals surface area contributed by atoms with Crippen molar-refractivity contribution in [1.29, 1.82) is 10.5 Å². The van der Waals surface area contributed by atoms with Crippen LogP contribution in [0.2, 0.25) is 0 Å². The number of methoxy groups -OCH3 is 2. The smallest absolute Gasteiger partial charge is 0.206 e. The minimum atomic E-state index is 0.332. The van der Waals surface area contributed by atoms with E-state index in [0.717, 1.165) is 0 Å². The van der Waals surface area contributed by atoms with Crippen LogP contribution in [-0.4, -0.2) is 25.6 Å². The van der Waals surface area contributed by atoms with Crippen molar-refractivity contribution in [3.8, 4) is 12.4 Å². The summed E-state index contributed by atoms with van der Waals surface area (Å²) in [4.78, 5) is 7.13. The molecular weight excluding hydrogens is 208 g/mol. The van der Waals surface area contributed by atoms with Gasteiger partial charge in [-0.05, 0) is 0 Å². The second-order valence-corrected chi connectivity index (χ2v) is 2.62. The molecule has 0 saturated carbocycles. The SMILES string of the molecule is COC1=CC(=NC#N)C(OC)=CC1=NC#N. The fourth-order valence-electron chi connectivity index (χ4n) is 1.15. The molecule has 0 amide bonds. The van der Waals surface area contributed by atoms with Crippen LogP contribution in [0.1, 0.15) is 0 Å². The Labute approximate surface area is 92.4 Å². The van der Waals surface area contributed by atoms with E-state index in [2.05, 4.69) is 9.98 Å². The van der Waals surface area contributed by atoms with Crippen LogP contribution >= 0.6 is 0 Å². The highest BCUT2D eigenvalue weighted by molar-refractivity contribution is 6.22. The van der Waals surface area contributed by atoms with Crippen LogP contribution in [0.25, 0.3) is 0 Å². The number of hydrogen-bond donors (Lipinski definition) is 0. The predicted molar refractivity (Wildman–Crippen MR) is 56.3 cm³/mol. The molecule has 1 aliphatic rings. The van der Waals surface area contributed by atoms with Crippen LogP contribution < -0.4 is 0 Å². The monoisotopic (exact) mass is 216 g/mol. The van der Waals surface area contributed by atoms with Crippen molar-refractivity contribution in [3.05, 3.63) is 23.7 Å². The molecule has 0 atom stereocenters. The van der Waals surface area contributed by atoms with Gasteiger partial charge in [-0.15, -0.1) is 0 Å². The van der Waals surface area contributed by atoms with E-state index in [-0.39, 0.29) is 0 Å². The largest absolute Gasteiger partial charge is 0.494 e. The lowest BCUT2D eigenvalue weighted by Gasteiger charge is -2.13. The van der Waals surface area contributed by atoms with Gasteiger partial charge < -0.3 is 9.47 Å². The Kier molecular flexibility index (Phi) is 3.82.